The standard InChI is InChI=1S/C11H6Br2ClFN2O/c12-5-1-7(14)11(17-4-5)18-10-3-8(15)6(13)2-9(10)16/h1-4H,16H2. The average molecular weight is 396 g/mol. The Morgan fingerprint density at radius 3 is 2.67 bits per heavy atom. The van der Waals surface area contributed by atoms with Crippen molar-refractivity contribution in [3.63, 3.8) is 0 Å². The fourth-order valence-electron chi connectivity index (χ4n) is 1.21. The van der Waals surface area contributed by atoms with Crippen molar-refractivity contribution in [1.29, 1.82) is 0 Å². The van der Waals surface area contributed by atoms with E-state index in [1.54, 1.807) is 6.07 Å². The van der Waals surface area contributed by atoms with Crippen molar-refractivity contribution in [2.75, 3.05) is 5.73 Å². The molecule has 2 rings (SSSR count). The number of hydrogen-bond donors (Lipinski definition) is 1. The monoisotopic (exact) mass is 394 g/mol. The Kier molecular flexibility index (Phi) is 4.09. The normalized spacial score (nSPS) is 10.4. The zero-order valence-corrected chi connectivity index (χ0v) is 12.7. The van der Waals surface area contributed by atoms with Crippen LogP contribution in [0, 0.1) is 5.82 Å². The third-order valence-electron chi connectivity index (χ3n) is 2.03. The number of pyridine rings is 1. The topological polar surface area (TPSA) is 48.1 Å². The average Bonchev–Trinajstić information content (AvgIpc) is 2.29. The molecule has 94 valence electrons. The molecule has 1 aromatic heterocycles. The highest BCUT2D eigenvalue weighted by atomic mass is 79.9. The molecule has 1 aromatic carbocycles. The first-order valence-electron chi connectivity index (χ1n) is 4.71. The summed E-state index contributed by atoms with van der Waals surface area (Å²) in [5.74, 6) is -0.159. The van der Waals surface area contributed by atoms with E-state index < -0.39 is 5.82 Å². The molecule has 7 heteroatoms. The minimum absolute atomic E-state index is 0.160. The fraction of sp³-hybridized carbons (Fsp3) is 0. The van der Waals surface area contributed by atoms with Crippen molar-refractivity contribution in [3.8, 4) is 11.6 Å². The van der Waals surface area contributed by atoms with Crippen LogP contribution in [0.2, 0.25) is 5.02 Å². The van der Waals surface area contributed by atoms with E-state index in [1.807, 2.05) is 0 Å². The highest BCUT2D eigenvalue weighted by Gasteiger charge is 2.11. The van der Waals surface area contributed by atoms with Gasteiger partial charge in [-0.25, -0.2) is 9.37 Å². The number of anilines is 1. The molecule has 0 saturated carbocycles. The second kappa shape index (κ2) is 5.42. The van der Waals surface area contributed by atoms with E-state index in [9.17, 15) is 4.39 Å². The quantitative estimate of drug-likeness (QED) is 0.744. The minimum Gasteiger partial charge on any atom is -0.435 e. The molecule has 0 radical (unpaired) electrons. The number of hydrogen-bond acceptors (Lipinski definition) is 3. The molecule has 0 unspecified atom stereocenters. The zero-order valence-electron chi connectivity index (χ0n) is 8.75. The van der Waals surface area contributed by atoms with Gasteiger partial charge in [-0.15, -0.1) is 0 Å². The zero-order chi connectivity index (χ0) is 13.3. The third-order valence-corrected chi connectivity index (χ3v) is 3.35. The summed E-state index contributed by atoms with van der Waals surface area (Å²) in [4.78, 5) is 3.98. The second-order valence-electron chi connectivity index (χ2n) is 3.35. The van der Waals surface area contributed by atoms with E-state index in [1.165, 1.54) is 18.3 Å². The van der Waals surface area contributed by atoms with Gasteiger partial charge in [0.05, 0.1) is 10.2 Å². The van der Waals surface area contributed by atoms with Crippen molar-refractivity contribution in [2.24, 2.45) is 0 Å². The minimum atomic E-state index is -0.479. The maximum Gasteiger partial charge on any atom is 0.238 e. The lowest BCUT2D eigenvalue weighted by Gasteiger charge is -2.09. The van der Waals surface area contributed by atoms with E-state index in [4.69, 9.17) is 22.1 Å². The molecular weight excluding hydrogens is 390 g/mol. The van der Waals surface area contributed by atoms with Crippen LogP contribution in [0.5, 0.6) is 11.6 Å². The Morgan fingerprint density at radius 1 is 1.28 bits per heavy atom. The molecule has 1 heterocycles. The fourth-order valence-corrected chi connectivity index (χ4v) is 2.24. The SMILES string of the molecule is Nc1cc(Br)c(F)cc1Oc1ncc(Br)cc1Cl. The van der Waals surface area contributed by atoms with Crippen LogP contribution < -0.4 is 10.5 Å². The van der Waals surface area contributed by atoms with Crippen molar-refractivity contribution < 1.29 is 9.13 Å². The molecule has 0 spiro atoms. The molecule has 2 N–H and O–H groups in total. The van der Waals surface area contributed by atoms with E-state index in [2.05, 4.69) is 36.8 Å². The number of halogens is 4. The van der Waals surface area contributed by atoms with E-state index in [-0.39, 0.29) is 21.8 Å². The Hall–Kier alpha value is -0.850. The summed E-state index contributed by atoms with van der Waals surface area (Å²) in [6, 6.07) is 4.20. The van der Waals surface area contributed by atoms with Crippen LogP contribution in [-0.4, -0.2) is 4.98 Å². The van der Waals surface area contributed by atoms with Gasteiger partial charge in [-0.2, -0.15) is 0 Å². The maximum atomic E-state index is 13.4. The summed E-state index contributed by atoms with van der Waals surface area (Å²) in [5.41, 5.74) is 6.00. The van der Waals surface area contributed by atoms with Crippen LogP contribution >= 0.6 is 43.5 Å². The molecular formula is C11H6Br2ClFN2O. The van der Waals surface area contributed by atoms with E-state index in [0.29, 0.717) is 5.02 Å². The van der Waals surface area contributed by atoms with Gasteiger partial charge in [0.25, 0.3) is 0 Å². The van der Waals surface area contributed by atoms with Crippen LogP contribution in [0.1, 0.15) is 0 Å². The lowest BCUT2D eigenvalue weighted by atomic mass is 10.3. The lowest BCUT2D eigenvalue weighted by Crippen LogP contribution is -1.96. The third kappa shape index (κ3) is 2.93. The van der Waals surface area contributed by atoms with Gasteiger partial charge in [0.15, 0.2) is 5.75 Å². The molecule has 0 fully saturated rings. The summed E-state index contributed by atoms with van der Waals surface area (Å²) in [5, 5.41) is 0.298. The largest absolute Gasteiger partial charge is 0.435 e. The van der Waals surface area contributed by atoms with Gasteiger partial charge in [0, 0.05) is 16.7 Å². The number of ether oxygens (including phenoxy) is 1. The molecule has 0 amide bonds. The Labute approximate surface area is 124 Å². The van der Waals surface area contributed by atoms with Crippen LogP contribution in [0.4, 0.5) is 10.1 Å². The molecule has 0 aliphatic heterocycles. The Balaban J connectivity index is 2.37. The lowest BCUT2D eigenvalue weighted by molar-refractivity contribution is 0.460. The number of nitrogens with zero attached hydrogens (tertiary/aromatic N) is 1. The van der Waals surface area contributed by atoms with Gasteiger partial charge in [0.2, 0.25) is 5.88 Å². The summed E-state index contributed by atoms with van der Waals surface area (Å²) in [6.45, 7) is 0. The smallest absolute Gasteiger partial charge is 0.238 e. The first kappa shape index (κ1) is 13.6. The van der Waals surface area contributed by atoms with Gasteiger partial charge in [-0.3, -0.25) is 0 Å². The molecule has 3 nitrogen and oxygen atoms in total. The number of aromatic nitrogens is 1. The molecule has 0 saturated heterocycles. The summed E-state index contributed by atoms with van der Waals surface area (Å²) in [7, 11) is 0. The molecule has 0 aliphatic rings. The van der Waals surface area contributed by atoms with Crippen molar-refractivity contribution in [3.05, 3.63) is 44.2 Å². The van der Waals surface area contributed by atoms with E-state index >= 15 is 0 Å². The van der Waals surface area contributed by atoms with Crippen molar-refractivity contribution in [1.82, 2.24) is 4.98 Å². The van der Waals surface area contributed by atoms with Crippen LogP contribution in [0.25, 0.3) is 0 Å². The van der Waals surface area contributed by atoms with Crippen LogP contribution in [-0.2, 0) is 0 Å². The molecule has 18 heavy (non-hydrogen) atoms. The van der Waals surface area contributed by atoms with Crippen molar-refractivity contribution >= 4 is 49.1 Å². The summed E-state index contributed by atoms with van der Waals surface area (Å²) < 4.78 is 19.7. The number of rotatable bonds is 2. The maximum absolute atomic E-state index is 13.4. The molecule has 0 atom stereocenters. The number of benzene rings is 1. The Bertz CT molecular complexity index is 610. The highest BCUT2D eigenvalue weighted by molar-refractivity contribution is 9.10. The van der Waals surface area contributed by atoms with Gasteiger partial charge >= 0.3 is 0 Å². The van der Waals surface area contributed by atoms with E-state index in [0.717, 1.165) is 4.47 Å². The second-order valence-corrected chi connectivity index (χ2v) is 5.52. The molecule has 0 bridgehead atoms. The highest BCUT2D eigenvalue weighted by Crippen LogP contribution is 2.34. The van der Waals surface area contributed by atoms with Crippen LogP contribution in [0.15, 0.2) is 33.3 Å². The first-order valence-corrected chi connectivity index (χ1v) is 6.67. The number of nitrogens with two attached hydrogens (primary N) is 1. The Morgan fingerprint density at radius 2 is 2.00 bits per heavy atom. The van der Waals surface area contributed by atoms with Gasteiger partial charge in [0.1, 0.15) is 10.8 Å². The van der Waals surface area contributed by atoms with Gasteiger partial charge < -0.3 is 10.5 Å². The first-order chi connectivity index (χ1) is 8.47. The predicted molar refractivity (Wildman–Crippen MR) is 75.5 cm³/mol. The van der Waals surface area contributed by atoms with Gasteiger partial charge in [-0.1, -0.05) is 11.6 Å². The summed E-state index contributed by atoms with van der Waals surface area (Å²) in [6.07, 6.45) is 1.52. The number of nitrogen functional groups attached to an aromatic ring is 1. The van der Waals surface area contributed by atoms with Crippen molar-refractivity contribution in [2.45, 2.75) is 0 Å². The molecule has 2 aromatic rings. The summed E-state index contributed by atoms with van der Waals surface area (Å²) >= 11 is 12.2. The van der Waals surface area contributed by atoms with Gasteiger partial charge in [-0.05, 0) is 44.0 Å². The van der Waals surface area contributed by atoms with Crippen LogP contribution in [0.3, 0.4) is 0 Å². The molecule has 0 aliphatic carbocycles. The predicted octanol–water partition coefficient (Wildman–Crippen LogP) is 4.77.